The summed E-state index contributed by atoms with van der Waals surface area (Å²) in [6.07, 6.45) is 3.07. The van der Waals surface area contributed by atoms with E-state index in [4.69, 9.17) is 23.2 Å². The average Bonchev–Trinajstić information content (AvgIpc) is 3.18. The number of thiazole rings is 1. The van der Waals surface area contributed by atoms with Crippen molar-refractivity contribution in [1.29, 1.82) is 0 Å². The smallest absolute Gasteiger partial charge is 0.256 e. The maximum absolute atomic E-state index is 12.8. The van der Waals surface area contributed by atoms with Crippen molar-refractivity contribution in [3.05, 3.63) is 44.9 Å². The molecule has 1 atom stereocenters. The molecular weight excluding hydrogens is 369 g/mol. The van der Waals surface area contributed by atoms with Crippen molar-refractivity contribution in [2.75, 3.05) is 11.9 Å². The molecular formula is C16H15Cl2N3O2S. The first-order valence-corrected chi connectivity index (χ1v) is 9.02. The minimum Gasteiger partial charge on any atom is -0.327 e. The van der Waals surface area contributed by atoms with Gasteiger partial charge in [-0.15, -0.1) is 11.3 Å². The molecule has 2 aromatic rings. The topological polar surface area (TPSA) is 62.3 Å². The molecule has 2 heterocycles. The molecule has 0 radical (unpaired) electrons. The van der Waals surface area contributed by atoms with Gasteiger partial charge in [0.05, 0.1) is 10.6 Å². The SMILES string of the molecule is Cc1cnc(NC(=O)C2CCCN2C(=O)c2cc(Cl)ccc2Cl)s1. The third kappa shape index (κ3) is 3.55. The normalized spacial score (nSPS) is 17.1. The summed E-state index contributed by atoms with van der Waals surface area (Å²) in [5.74, 6) is -0.510. The number of halogens is 2. The number of carbonyl (C=O) groups is 2. The Balaban J connectivity index is 1.78. The molecule has 1 N–H and O–H groups in total. The van der Waals surface area contributed by atoms with Crippen molar-refractivity contribution in [3.63, 3.8) is 0 Å². The van der Waals surface area contributed by atoms with Gasteiger partial charge in [-0.2, -0.15) is 0 Å². The van der Waals surface area contributed by atoms with Crippen LogP contribution in [0.1, 0.15) is 28.1 Å². The first kappa shape index (κ1) is 17.2. The molecule has 1 aliphatic heterocycles. The van der Waals surface area contributed by atoms with Gasteiger partial charge < -0.3 is 10.2 Å². The second kappa shape index (κ2) is 7.09. The lowest BCUT2D eigenvalue weighted by atomic mass is 10.1. The van der Waals surface area contributed by atoms with E-state index in [1.165, 1.54) is 17.4 Å². The number of carbonyl (C=O) groups excluding carboxylic acids is 2. The van der Waals surface area contributed by atoms with Gasteiger partial charge in [0.25, 0.3) is 5.91 Å². The predicted octanol–water partition coefficient (Wildman–Crippen LogP) is 4.00. The monoisotopic (exact) mass is 383 g/mol. The number of benzene rings is 1. The Bertz CT molecular complexity index is 793. The first-order valence-electron chi connectivity index (χ1n) is 7.45. The Labute approximate surface area is 153 Å². The number of anilines is 1. The maximum atomic E-state index is 12.8. The van der Waals surface area contributed by atoms with Crippen molar-refractivity contribution in [3.8, 4) is 0 Å². The van der Waals surface area contributed by atoms with Gasteiger partial charge in [0.1, 0.15) is 6.04 Å². The molecule has 1 aromatic carbocycles. The highest BCUT2D eigenvalue weighted by Crippen LogP contribution is 2.27. The molecule has 0 aliphatic carbocycles. The number of nitrogens with one attached hydrogen (secondary N) is 1. The van der Waals surface area contributed by atoms with Crippen LogP contribution in [0, 0.1) is 6.92 Å². The van der Waals surface area contributed by atoms with Crippen molar-refractivity contribution < 1.29 is 9.59 Å². The van der Waals surface area contributed by atoms with Crippen LogP contribution in [0.2, 0.25) is 10.0 Å². The predicted molar refractivity (Wildman–Crippen MR) is 96.0 cm³/mol. The summed E-state index contributed by atoms with van der Waals surface area (Å²) in [4.78, 5) is 32.0. The van der Waals surface area contributed by atoms with E-state index in [1.807, 2.05) is 6.92 Å². The molecule has 126 valence electrons. The fraction of sp³-hybridized carbons (Fsp3) is 0.312. The zero-order chi connectivity index (χ0) is 17.3. The molecule has 1 aromatic heterocycles. The van der Waals surface area contributed by atoms with Crippen LogP contribution in [-0.2, 0) is 4.79 Å². The van der Waals surface area contributed by atoms with Crippen LogP contribution in [-0.4, -0.2) is 34.3 Å². The summed E-state index contributed by atoms with van der Waals surface area (Å²) < 4.78 is 0. The van der Waals surface area contributed by atoms with Gasteiger partial charge in [-0.05, 0) is 38.0 Å². The van der Waals surface area contributed by atoms with Gasteiger partial charge in [0.2, 0.25) is 5.91 Å². The fourth-order valence-corrected chi connectivity index (χ4v) is 3.74. The summed E-state index contributed by atoms with van der Waals surface area (Å²) in [5.41, 5.74) is 0.314. The summed E-state index contributed by atoms with van der Waals surface area (Å²) >= 11 is 13.5. The van der Waals surface area contributed by atoms with Crippen LogP contribution < -0.4 is 5.32 Å². The maximum Gasteiger partial charge on any atom is 0.256 e. The van der Waals surface area contributed by atoms with Gasteiger partial charge in [-0.3, -0.25) is 9.59 Å². The van der Waals surface area contributed by atoms with Crippen LogP contribution in [0.5, 0.6) is 0 Å². The van der Waals surface area contributed by atoms with Gasteiger partial charge in [0.15, 0.2) is 5.13 Å². The molecule has 24 heavy (non-hydrogen) atoms. The first-order chi connectivity index (χ1) is 11.5. The number of nitrogens with zero attached hydrogens (tertiary/aromatic N) is 2. The number of hydrogen-bond donors (Lipinski definition) is 1. The van der Waals surface area contributed by atoms with Crippen molar-refractivity contribution in [2.45, 2.75) is 25.8 Å². The number of aromatic nitrogens is 1. The molecule has 8 heteroatoms. The van der Waals surface area contributed by atoms with E-state index in [1.54, 1.807) is 23.2 Å². The number of hydrogen-bond acceptors (Lipinski definition) is 4. The van der Waals surface area contributed by atoms with Gasteiger partial charge in [0, 0.05) is 22.6 Å². The summed E-state index contributed by atoms with van der Waals surface area (Å²) in [7, 11) is 0. The third-order valence-electron chi connectivity index (χ3n) is 3.83. The van der Waals surface area contributed by atoms with E-state index < -0.39 is 6.04 Å². The minimum absolute atomic E-state index is 0.228. The molecule has 5 nitrogen and oxygen atoms in total. The average molecular weight is 384 g/mol. The molecule has 1 fully saturated rings. The number of amides is 2. The Morgan fingerprint density at radius 2 is 2.17 bits per heavy atom. The van der Waals surface area contributed by atoms with Crippen molar-refractivity contribution in [2.24, 2.45) is 0 Å². The van der Waals surface area contributed by atoms with E-state index in [0.29, 0.717) is 33.7 Å². The van der Waals surface area contributed by atoms with Crippen LogP contribution in [0.4, 0.5) is 5.13 Å². The third-order valence-corrected chi connectivity index (χ3v) is 5.22. The van der Waals surface area contributed by atoms with E-state index >= 15 is 0 Å². The molecule has 2 amide bonds. The highest BCUT2D eigenvalue weighted by molar-refractivity contribution is 7.15. The minimum atomic E-state index is -0.531. The van der Waals surface area contributed by atoms with Crippen molar-refractivity contribution >= 4 is 51.5 Å². The lowest BCUT2D eigenvalue weighted by Crippen LogP contribution is -2.43. The largest absolute Gasteiger partial charge is 0.327 e. The second-order valence-electron chi connectivity index (χ2n) is 5.55. The van der Waals surface area contributed by atoms with Crippen LogP contribution in [0.25, 0.3) is 0 Å². The lowest BCUT2D eigenvalue weighted by Gasteiger charge is -2.24. The fourth-order valence-electron chi connectivity index (χ4n) is 2.70. The van der Waals surface area contributed by atoms with Crippen LogP contribution in [0.15, 0.2) is 24.4 Å². The van der Waals surface area contributed by atoms with E-state index in [0.717, 1.165) is 11.3 Å². The van der Waals surface area contributed by atoms with Crippen molar-refractivity contribution in [1.82, 2.24) is 9.88 Å². The van der Waals surface area contributed by atoms with E-state index in [9.17, 15) is 9.59 Å². The lowest BCUT2D eigenvalue weighted by molar-refractivity contribution is -0.119. The van der Waals surface area contributed by atoms with Gasteiger partial charge >= 0.3 is 0 Å². The summed E-state index contributed by atoms with van der Waals surface area (Å²) in [6.45, 7) is 2.43. The molecule has 0 spiro atoms. The van der Waals surface area contributed by atoms with Gasteiger partial charge in [-0.25, -0.2) is 4.98 Å². The Hall–Kier alpha value is -1.63. The molecule has 3 rings (SSSR count). The molecule has 0 saturated carbocycles. The number of aryl methyl sites for hydroxylation is 1. The zero-order valence-corrected chi connectivity index (χ0v) is 15.2. The van der Waals surface area contributed by atoms with Crippen LogP contribution in [0.3, 0.4) is 0 Å². The summed E-state index contributed by atoms with van der Waals surface area (Å²) in [5, 5.41) is 4.08. The zero-order valence-electron chi connectivity index (χ0n) is 12.9. The highest BCUT2D eigenvalue weighted by atomic mass is 35.5. The Morgan fingerprint density at radius 1 is 1.38 bits per heavy atom. The molecule has 0 bridgehead atoms. The Kier molecular flexibility index (Phi) is 5.08. The standard InChI is InChI=1S/C16H15Cl2N3O2S/c1-9-8-19-16(24-9)20-14(22)13-3-2-6-21(13)15(23)11-7-10(17)4-5-12(11)18/h4-5,7-8,13H,2-3,6H2,1H3,(H,19,20,22). The van der Waals surface area contributed by atoms with Crippen LogP contribution >= 0.6 is 34.5 Å². The van der Waals surface area contributed by atoms with E-state index in [2.05, 4.69) is 10.3 Å². The molecule has 1 aliphatic rings. The number of likely N-dealkylation sites (tertiary alicyclic amines) is 1. The Morgan fingerprint density at radius 3 is 2.88 bits per heavy atom. The van der Waals surface area contributed by atoms with Gasteiger partial charge in [-0.1, -0.05) is 23.2 Å². The quantitative estimate of drug-likeness (QED) is 0.870. The highest BCUT2D eigenvalue weighted by Gasteiger charge is 2.35. The molecule has 1 saturated heterocycles. The second-order valence-corrected chi connectivity index (χ2v) is 7.62. The molecule has 1 unspecified atom stereocenters. The summed E-state index contributed by atoms with van der Waals surface area (Å²) in [6, 6.07) is 4.21. The number of rotatable bonds is 3. The van der Waals surface area contributed by atoms with E-state index in [-0.39, 0.29) is 11.8 Å².